The number of nitrogens with two attached hydrogens (primary N) is 1. The molecule has 2 aromatic carbocycles. The Morgan fingerprint density at radius 3 is 2.70 bits per heavy atom. The number of benzene rings is 2. The minimum absolute atomic E-state index is 0.00528. The van der Waals surface area contributed by atoms with Crippen molar-refractivity contribution in [3.63, 3.8) is 0 Å². The minimum atomic E-state index is -0.700. The monoisotopic (exact) mass is 537 g/mol. The van der Waals surface area contributed by atoms with E-state index in [1.807, 2.05) is 18.2 Å². The van der Waals surface area contributed by atoms with Crippen molar-refractivity contribution < 1.29 is 14.3 Å². The molecule has 2 amide bonds. The molecule has 0 unspecified atom stereocenters. The van der Waals surface area contributed by atoms with Gasteiger partial charge in [0, 0.05) is 24.6 Å². The Hall–Kier alpha value is -5.08. The maximum absolute atomic E-state index is 14.0. The van der Waals surface area contributed by atoms with Crippen LogP contribution < -0.4 is 21.9 Å². The van der Waals surface area contributed by atoms with E-state index < -0.39 is 18.1 Å². The number of nitrogens with one attached hydrogen (secondary N) is 2. The van der Waals surface area contributed by atoms with Crippen molar-refractivity contribution in [2.75, 3.05) is 18.9 Å². The van der Waals surface area contributed by atoms with Crippen molar-refractivity contribution in [3.8, 4) is 17.5 Å². The Kier molecular flexibility index (Phi) is 7.80. The van der Waals surface area contributed by atoms with Crippen LogP contribution in [-0.2, 0) is 9.53 Å². The van der Waals surface area contributed by atoms with Crippen LogP contribution in [0.15, 0.2) is 65.7 Å². The molecule has 2 aromatic heterocycles. The van der Waals surface area contributed by atoms with Gasteiger partial charge < -0.3 is 21.1 Å². The first kappa shape index (κ1) is 26.5. The second-order valence-electron chi connectivity index (χ2n) is 9.15. The molecule has 3 heterocycles. The van der Waals surface area contributed by atoms with Crippen LogP contribution >= 0.6 is 0 Å². The van der Waals surface area contributed by atoms with Gasteiger partial charge in [0.2, 0.25) is 5.91 Å². The Balaban J connectivity index is 1.51. The van der Waals surface area contributed by atoms with E-state index in [4.69, 9.17) is 15.5 Å². The van der Waals surface area contributed by atoms with Crippen LogP contribution in [0.4, 0.5) is 5.82 Å². The van der Waals surface area contributed by atoms with E-state index in [2.05, 4.69) is 32.4 Å². The molecular formula is C29H27N7O4. The van der Waals surface area contributed by atoms with Gasteiger partial charge in [-0.2, -0.15) is 0 Å². The number of para-hydroxylation sites is 1. The summed E-state index contributed by atoms with van der Waals surface area (Å²) in [6.07, 6.45) is 3.89. The van der Waals surface area contributed by atoms with Gasteiger partial charge in [0.1, 0.15) is 11.9 Å². The number of anilines is 1. The lowest BCUT2D eigenvalue weighted by atomic mass is 10.1. The van der Waals surface area contributed by atoms with Crippen molar-refractivity contribution in [3.05, 3.63) is 88.4 Å². The van der Waals surface area contributed by atoms with E-state index in [0.717, 1.165) is 6.42 Å². The first-order valence-corrected chi connectivity index (χ1v) is 12.8. The summed E-state index contributed by atoms with van der Waals surface area (Å²) in [6, 6.07) is 13.5. The molecule has 0 spiro atoms. The van der Waals surface area contributed by atoms with Crippen molar-refractivity contribution in [2.45, 2.75) is 31.9 Å². The summed E-state index contributed by atoms with van der Waals surface area (Å²) in [5.74, 6) is 5.50. The number of carbonyl (C=O) groups excluding carboxylic acids is 2. The number of carbonyl (C=O) groups is 2. The zero-order chi connectivity index (χ0) is 28.1. The number of nitrogen functional groups attached to an aromatic ring is 1. The van der Waals surface area contributed by atoms with E-state index in [-0.39, 0.29) is 29.5 Å². The molecule has 0 bridgehead atoms. The first-order valence-electron chi connectivity index (χ1n) is 12.8. The smallest absolute Gasteiger partial charge is 0.274 e. The van der Waals surface area contributed by atoms with Crippen LogP contribution in [0.25, 0.3) is 16.6 Å². The van der Waals surface area contributed by atoms with E-state index >= 15 is 0 Å². The molecule has 40 heavy (non-hydrogen) atoms. The second-order valence-corrected chi connectivity index (χ2v) is 9.15. The van der Waals surface area contributed by atoms with Crippen molar-refractivity contribution >= 4 is 28.5 Å². The normalized spacial score (nSPS) is 15.2. The fourth-order valence-corrected chi connectivity index (χ4v) is 4.49. The molecule has 11 nitrogen and oxygen atoms in total. The summed E-state index contributed by atoms with van der Waals surface area (Å²) in [5.41, 5.74) is 6.92. The highest BCUT2D eigenvalue weighted by atomic mass is 16.5. The third kappa shape index (κ3) is 5.52. The molecule has 202 valence electrons. The quantitative estimate of drug-likeness (QED) is 0.315. The van der Waals surface area contributed by atoms with Crippen LogP contribution in [0.5, 0.6) is 0 Å². The molecule has 4 aromatic rings. The molecule has 1 aliphatic rings. The zero-order valence-corrected chi connectivity index (χ0v) is 21.8. The Morgan fingerprint density at radius 1 is 1.15 bits per heavy atom. The topological polar surface area (TPSA) is 154 Å². The maximum Gasteiger partial charge on any atom is 0.274 e. The molecule has 0 radical (unpaired) electrons. The van der Waals surface area contributed by atoms with Crippen LogP contribution in [0, 0.1) is 11.8 Å². The van der Waals surface area contributed by atoms with Gasteiger partial charge in [0.05, 0.1) is 29.2 Å². The average molecular weight is 538 g/mol. The summed E-state index contributed by atoms with van der Waals surface area (Å²) in [7, 11) is 0. The standard InChI is InChI=1S/C29H27N7O4/c1-18(34-28(38)24-25(30)32-16-15-31-24)26-35-21-12-5-8-19(9-6-14-33-27(37)22-13-7-17-40-22)23(21)29(39)36(26)20-10-3-2-4-11-20/h2-5,8,10-12,15-16,18,22H,7,13-14,17H2,1H3,(H2,30,32)(H,33,37)(H,34,38)/t18-,22-/m1/s1. The number of nitrogens with zero attached hydrogens (tertiary/aromatic N) is 4. The van der Waals surface area contributed by atoms with Crippen LogP contribution in [0.3, 0.4) is 0 Å². The summed E-state index contributed by atoms with van der Waals surface area (Å²) in [5, 5.41) is 5.91. The molecule has 2 atom stereocenters. The van der Waals surface area contributed by atoms with Crippen molar-refractivity contribution in [1.29, 1.82) is 0 Å². The molecule has 1 fully saturated rings. The SMILES string of the molecule is C[C@@H](NC(=O)c1nccnc1N)c1nc2cccc(C#CCNC(=O)[C@H]3CCCO3)c2c(=O)n1-c1ccccc1. The Bertz CT molecular complexity index is 1690. The third-order valence-corrected chi connectivity index (χ3v) is 6.41. The Labute approximate surface area is 229 Å². The molecule has 1 aliphatic heterocycles. The third-order valence-electron chi connectivity index (χ3n) is 6.41. The van der Waals surface area contributed by atoms with E-state index in [0.29, 0.717) is 41.0 Å². The fourth-order valence-electron chi connectivity index (χ4n) is 4.49. The number of hydrogen-bond donors (Lipinski definition) is 3. The second kappa shape index (κ2) is 11.8. The molecular weight excluding hydrogens is 510 g/mol. The zero-order valence-electron chi connectivity index (χ0n) is 21.8. The largest absolute Gasteiger partial charge is 0.382 e. The lowest BCUT2D eigenvalue weighted by Crippen LogP contribution is -2.34. The van der Waals surface area contributed by atoms with Gasteiger partial charge in [-0.3, -0.25) is 19.0 Å². The van der Waals surface area contributed by atoms with Gasteiger partial charge in [-0.1, -0.05) is 36.1 Å². The summed E-state index contributed by atoms with van der Waals surface area (Å²) < 4.78 is 6.85. The molecule has 4 N–H and O–H groups in total. The Morgan fingerprint density at radius 2 is 1.95 bits per heavy atom. The lowest BCUT2D eigenvalue weighted by molar-refractivity contribution is -0.129. The van der Waals surface area contributed by atoms with Gasteiger partial charge in [0.15, 0.2) is 11.5 Å². The van der Waals surface area contributed by atoms with Crippen molar-refractivity contribution in [2.24, 2.45) is 0 Å². The van der Waals surface area contributed by atoms with E-state index in [1.165, 1.54) is 17.0 Å². The number of ether oxygens (including phenoxy) is 1. The average Bonchev–Trinajstić information content (AvgIpc) is 3.51. The molecule has 1 saturated heterocycles. The molecule has 0 aliphatic carbocycles. The van der Waals surface area contributed by atoms with Gasteiger partial charge >= 0.3 is 0 Å². The summed E-state index contributed by atoms with van der Waals surface area (Å²) in [4.78, 5) is 51.8. The van der Waals surface area contributed by atoms with Gasteiger partial charge in [-0.05, 0) is 44.0 Å². The van der Waals surface area contributed by atoms with Crippen molar-refractivity contribution in [1.82, 2.24) is 30.2 Å². The van der Waals surface area contributed by atoms with Crippen LogP contribution in [-0.4, -0.2) is 50.6 Å². The number of aromatic nitrogens is 4. The minimum Gasteiger partial charge on any atom is -0.382 e. The predicted octanol–water partition coefficient (Wildman–Crippen LogP) is 1.90. The first-order chi connectivity index (χ1) is 19.4. The highest BCUT2D eigenvalue weighted by Gasteiger charge is 2.24. The maximum atomic E-state index is 14.0. The highest BCUT2D eigenvalue weighted by molar-refractivity contribution is 5.96. The van der Waals surface area contributed by atoms with Crippen LogP contribution in [0.1, 0.15) is 47.7 Å². The van der Waals surface area contributed by atoms with Gasteiger partial charge in [-0.15, -0.1) is 0 Å². The molecule has 0 saturated carbocycles. The van der Waals surface area contributed by atoms with Crippen LogP contribution in [0.2, 0.25) is 0 Å². The predicted molar refractivity (Wildman–Crippen MR) is 149 cm³/mol. The fraction of sp³-hybridized carbons (Fsp3) is 0.241. The van der Waals surface area contributed by atoms with Gasteiger partial charge in [0.25, 0.3) is 11.5 Å². The number of hydrogen-bond acceptors (Lipinski definition) is 8. The molecule has 11 heteroatoms. The van der Waals surface area contributed by atoms with E-state index in [9.17, 15) is 14.4 Å². The highest BCUT2D eigenvalue weighted by Crippen LogP contribution is 2.20. The summed E-state index contributed by atoms with van der Waals surface area (Å²) in [6.45, 7) is 2.42. The number of rotatable bonds is 6. The number of amides is 2. The summed E-state index contributed by atoms with van der Waals surface area (Å²) >= 11 is 0. The van der Waals surface area contributed by atoms with Gasteiger partial charge in [-0.25, -0.2) is 15.0 Å². The lowest BCUT2D eigenvalue weighted by Gasteiger charge is -2.20. The number of fused-ring (bicyclic) bond motifs is 1. The molecule has 5 rings (SSSR count). The van der Waals surface area contributed by atoms with E-state index in [1.54, 1.807) is 37.3 Å².